The summed E-state index contributed by atoms with van der Waals surface area (Å²) in [5.74, 6) is 0.726. The zero-order valence-corrected chi connectivity index (χ0v) is 20.1. The summed E-state index contributed by atoms with van der Waals surface area (Å²) in [5.41, 5.74) is 3.33. The number of ether oxygens (including phenoxy) is 1. The molecule has 0 atom stereocenters. The van der Waals surface area contributed by atoms with E-state index < -0.39 is 0 Å². The lowest BCUT2D eigenvalue weighted by molar-refractivity contribution is -0.121. The van der Waals surface area contributed by atoms with Crippen molar-refractivity contribution in [2.24, 2.45) is 0 Å². The molecule has 33 heavy (non-hydrogen) atoms. The molecule has 0 unspecified atom stereocenters. The fourth-order valence-electron chi connectivity index (χ4n) is 3.63. The minimum absolute atomic E-state index is 0.0610. The molecule has 0 bridgehead atoms. The first-order chi connectivity index (χ1) is 16.1. The molecule has 3 aromatic carbocycles. The average molecular weight is 475 g/mol. The Morgan fingerprint density at radius 3 is 2.58 bits per heavy atom. The van der Waals surface area contributed by atoms with Crippen LogP contribution in [-0.4, -0.2) is 11.1 Å². The molecule has 168 valence electrons. The highest BCUT2D eigenvalue weighted by molar-refractivity contribution is 7.80. The Morgan fingerprint density at radius 2 is 1.82 bits per heavy atom. The smallest absolute Gasteiger partial charge is 0.262 e. The molecule has 2 N–H and O–H groups in total. The van der Waals surface area contributed by atoms with Crippen LogP contribution in [0.1, 0.15) is 30.9 Å². The van der Waals surface area contributed by atoms with Crippen LogP contribution in [0.5, 0.6) is 5.75 Å². The number of fused-ring (bicyclic) bond motifs is 1. The van der Waals surface area contributed by atoms with Crippen LogP contribution in [0.2, 0.25) is 0 Å². The monoisotopic (exact) mass is 474 g/mol. The van der Waals surface area contributed by atoms with E-state index in [0.717, 1.165) is 33.9 Å². The summed E-state index contributed by atoms with van der Waals surface area (Å²) in [7, 11) is 0. The van der Waals surface area contributed by atoms with Crippen molar-refractivity contribution in [1.29, 1.82) is 0 Å². The SMILES string of the molecule is CCCC(=O)NCc1cc(-c2cccs2)cc2ccc(OC(=S)NCc3ccccc3)cc12. The van der Waals surface area contributed by atoms with Gasteiger partial charge in [0, 0.05) is 24.4 Å². The molecule has 0 aliphatic carbocycles. The van der Waals surface area contributed by atoms with E-state index in [-0.39, 0.29) is 5.91 Å². The van der Waals surface area contributed by atoms with Gasteiger partial charge in [-0.2, -0.15) is 0 Å². The summed E-state index contributed by atoms with van der Waals surface area (Å²) in [5, 5.41) is 10.7. The number of benzene rings is 3. The van der Waals surface area contributed by atoms with Gasteiger partial charge in [-0.25, -0.2) is 0 Å². The van der Waals surface area contributed by atoms with Crippen LogP contribution in [-0.2, 0) is 17.9 Å². The largest absolute Gasteiger partial charge is 0.432 e. The second kappa shape index (κ2) is 11.1. The van der Waals surface area contributed by atoms with Crippen molar-refractivity contribution in [3.8, 4) is 16.2 Å². The zero-order valence-electron chi connectivity index (χ0n) is 18.5. The minimum atomic E-state index is 0.0610. The summed E-state index contributed by atoms with van der Waals surface area (Å²) in [6, 6.07) is 24.5. The van der Waals surface area contributed by atoms with Crippen molar-refractivity contribution in [2.45, 2.75) is 32.9 Å². The first-order valence-corrected chi connectivity index (χ1v) is 12.3. The zero-order chi connectivity index (χ0) is 23.0. The Morgan fingerprint density at radius 1 is 0.970 bits per heavy atom. The van der Waals surface area contributed by atoms with Gasteiger partial charge < -0.3 is 15.4 Å². The number of rotatable bonds is 8. The molecule has 0 saturated heterocycles. The van der Waals surface area contributed by atoms with Crippen molar-refractivity contribution in [2.75, 3.05) is 0 Å². The summed E-state index contributed by atoms with van der Waals surface area (Å²) >= 11 is 7.09. The van der Waals surface area contributed by atoms with Crippen LogP contribution in [0, 0.1) is 0 Å². The van der Waals surface area contributed by atoms with Crippen LogP contribution < -0.4 is 15.4 Å². The van der Waals surface area contributed by atoms with E-state index in [1.807, 2.05) is 61.5 Å². The van der Waals surface area contributed by atoms with Crippen molar-refractivity contribution in [3.05, 3.63) is 89.3 Å². The fourth-order valence-corrected chi connectivity index (χ4v) is 4.51. The lowest BCUT2D eigenvalue weighted by Gasteiger charge is -2.14. The molecule has 4 nitrogen and oxygen atoms in total. The Hall–Kier alpha value is -3.22. The van der Waals surface area contributed by atoms with Crippen LogP contribution in [0.4, 0.5) is 0 Å². The highest BCUT2D eigenvalue weighted by Crippen LogP contribution is 2.32. The molecule has 0 saturated carbocycles. The first-order valence-electron chi connectivity index (χ1n) is 11.0. The summed E-state index contributed by atoms with van der Waals surface area (Å²) in [6.07, 6.45) is 1.35. The van der Waals surface area contributed by atoms with E-state index in [4.69, 9.17) is 17.0 Å². The third-order valence-corrected chi connectivity index (χ3v) is 6.41. The Bertz CT molecular complexity index is 1240. The van der Waals surface area contributed by atoms with E-state index in [9.17, 15) is 4.79 Å². The molecule has 1 aromatic heterocycles. The number of thiocarbonyl (C=S) groups is 1. The van der Waals surface area contributed by atoms with E-state index in [1.54, 1.807) is 11.3 Å². The van der Waals surface area contributed by atoms with E-state index in [0.29, 0.717) is 30.4 Å². The second-order valence-corrected chi connectivity index (χ2v) is 9.07. The van der Waals surface area contributed by atoms with Crippen LogP contribution in [0.15, 0.2) is 78.2 Å². The maximum absolute atomic E-state index is 12.1. The third-order valence-electron chi connectivity index (χ3n) is 5.26. The van der Waals surface area contributed by atoms with Gasteiger partial charge in [-0.05, 0) is 81.8 Å². The van der Waals surface area contributed by atoms with Gasteiger partial charge in [0.25, 0.3) is 5.17 Å². The van der Waals surface area contributed by atoms with Gasteiger partial charge in [-0.3, -0.25) is 4.79 Å². The van der Waals surface area contributed by atoms with Gasteiger partial charge in [-0.1, -0.05) is 49.4 Å². The number of carbonyl (C=O) groups excluding carboxylic acids is 1. The summed E-state index contributed by atoms with van der Waals surface area (Å²) in [4.78, 5) is 13.3. The van der Waals surface area contributed by atoms with Gasteiger partial charge in [0.1, 0.15) is 5.75 Å². The van der Waals surface area contributed by atoms with E-state index in [1.165, 1.54) is 4.88 Å². The molecule has 4 aromatic rings. The lowest BCUT2D eigenvalue weighted by Crippen LogP contribution is -2.25. The Labute approximate surface area is 203 Å². The normalized spacial score (nSPS) is 10.7. The Balaban J connectivity index is 1.56. The highest BCUT2D eigenvalue weighted by atomic mass is 32.1. The lowest BCUT2D eigenvalue weighted by atomic mass is 9.99. The number of amides is 1. The third kappa shape index (κ3) is 6.18. The number of hydrogen-bond acceptors (Lipinski definition) is 4. The predicted octanol–water partition coefficient (Wildman–Crippen LogP) is 6.44. The molecule has 0 radical (unpaired) electrons. The van der Waals surface area contributed by atoms with Crippen molar-refractivity contribution in [1.82, 2.24) is 10.6 Å². The number of carbonyl (C=O) groups is 1. The molecule has 1 amide bonds. The highest BCUT2D eigenvalue weighted by Gasteiger charge is 2.11. The average Bonchev–Trinajstić information content (AvgIpc) is 3.37. The van der Waals surface area contributed by atoms with Gasteiger partial charge in [0.15, 0.2) is 0 Å². The minimum Gasteiger partial charge on any atom is -0.432 e. The number of hydrogen-bond donors (Lipinski definition) is 2. The van der Waals surface area contributed by atoms with Gasteiger partial charge in [0.05, 0.1) is 0 Å². The van der Waals surface area contributed by atoms with E-state index >= 15 is 0 Å². The van der Waals surface area contributed by atoms with Gasteiger partial charge >= 0.3 is 0 Å². The predicted molar refractivity (Wildman–Crippen MR) is 141 cm³/mol. The molecular formula is C27H26N2O2S2. The molecule has 0 aliphatic rings. The maximum atomic E-state index is 12.1. The molecule has 0 fully saturated rings. The van der Waals surface area contributed by atoms with Crippen molar-refractivity contribution in [3.63, 3.8) is 0 Å². The maximum Gasteiger partial charge on any atom is 0.262 e. The van der Waals surface area contributed by atoms with Crippen molar-refractivity contribution >= 4 is 45.4 Å². The first kappa shape index (κ1) is 23.0. The van der Waals surface area contributed by atoms with Gasteiger partial charge in [0.2, 0.25) is 5.91 Å². The van der Waals surface area contributed by atoms with Crippen LogP contribution in [0.25, 0.3) is 21.2 Å². The Kier molecular flexibility index (Phi) is 7.70. The molecule has 6 heteroatoms. The quantitative estimate of drug-likeness (QED) is 0.289. The number of nitrogens with one attached hydrogen (secondary N) is 2. The fraction of sp³-hybridized carbons (Fsp3) is 0.185. The second-order valence-electron chi connectivity index (χ2n) is 7.75. The van der Waals surface area contributed by atoms with Crippen molar-refractivity contribution < 1.29 is 9.53 Å². The summed E-state index contributed by atoms with van der Waals surface area (Å²) < 4.78 is 5.90. The molecule has 4 rings (SSSR count). The van der Waals surface area contributed by atoms with Crippen LogP contribution >= 0.6 is 23.6 Å². The molecular weight excluding hydrogens is 448 g/mol. The van der Waals surface area contributed by atoms with Gasteiger partial charge in [-0.15, -0.1) is 11.3 Å². The number of thiophene rings is 1. The summed E-state index contributed by atoms with van der Waals surface area (Å²) in [6.45, 7) is 3.07. The van der Waals surface area contributed by atoms with Crippen LogP contribution in [0.3, 0.4) is 0 Å². The van der Waals surface area contributed by atoms with E-state index in [2.05, 4.69) is 34.2 Å². The molecule has 0 spiro atoms. The standard InChI is InChI=1S/C27H26N2O2S2/c1-2-7-26(30)28-18-22-15-21(25-10-6-13-33-25)14-20-11-12-23(16-24(20)22)31-27(32)29-17-19-8-4-3-5-9-19/h3-6,8-16H,2,7,17-18H2,1H3,(H,28,30)(H,29,32). The topological polar surface area (TPSA) is 50.4 Å². The molecule has 0 aliphatic heterocycles. The molecule has 1 heterocycles.